The molecule has 3 rings (SSSR count). The SMILES string of the molecule is C[P+](=O)CC1OC[C@H](Cn2cnc3c(Cl)nc(N)nc32)O1. The quantitative estimate of drug-likeness (QED) is 0.664. The average molecular weight is 331 g/mol. The van der Waals surface area contributed by atoms with Gasteiger partial charge in [0.05, 0.1) is 19.5 Å². The zero-order valence-corrected chi connectivity index (χ0v) is 12.9. The predicted octanol–water partition coefficient (Wildman–Crippen LogP) is 1.26. The number of hydrogen-bond donors (Lipinski definition) is 1. The second kappa shape index (κ2) is 5.81. The Morgan fingerprint density at radius 1 is 1.57 bits per heavy atom. The molecule has 8 nitrogen and oxygen atoms in total. The molecular weight excluding hydrogens is 317 g/mol. The van der Waals surface area contributed by atoms with E-state index in [4.69, 9.17) is 26.8 Å². The van der Waals surface area contributed by atoms with Crippen LogP contribution in [0.2, 0.25) is 5.15 Å². The van der Waals surface area contributed by atoms with Crippen LogP contribution in [0.1, 0.15) is 0 Å². The van der Waals surface area contributed by atoms with Gasteiger partial charge in [-0.15, -0.1) is 0 Å². The number of imidazole rings is 1. The molecule has 0 aliphatic carbocycles. The molecule has 1 aliphatic rings. The average Bonchev–Trinajstić information content (AvgIpc) is 2.97. The summed E-state index contributed by atoms with van der Waals surface area (Å²) < 4.78 is 24.1. The maximum atomic E-state index is 11.2. The molecule has 0 spiro atoms. The third-order valence-corrected chi connectivity index (χ3v) is 4.13. The lowest BCUT2D eigenvalue weighted by atomic mass is 10.4. The lowest BCUT2D eigenvalue weighted by Gasteiger charge is -2.10. The van der Waals surface area contributed by atoms with Crippen molar-refractivity contribution in [3.05, 3.63) is 11.5 Å². The summed E-state index contributed by atoms with van der Waals surface area (Å²) in [6, 6.07) is 0. The molecular formula is C11H14ClN5O3P+. The van der Waals surface area contributed by atoms with Crippen molar-refractivity contribution in [1.82, 2.24) is 19.5 Å². The smallest absolute Gasteiger partial charge is 0.340 e. The molecule has 1 fully saturated rings. The van der Waals surface area contributed by atoms with Crippen molar-refractivity contribution in [1.29, 1.82) is 0 Å². The van der Waals surface area contributed by atoms with Crippen LogP contribution in [0.3, 0.4) is 0 Å². The number of nitrogens with two attached hydrogens (primary N) is 1. The van der Waals surface area contributed by atoms with Crippen molar-refractivity contribution in [2.24, 2.45) is 0 Å². The number of aromatic nitrogens is 4. The van der Waals surface area contributed by atoms with Gasteiger partial charge in [0.1, 0.15) is 18.3 Å². The van der Waals surface area contributed by atoms with Crippen molar-refractivity contribution in [3.8, 4) is 0 Å². The van der Waals surface area contributed by atoms with Crippen LogP contribution in [0.15, 0.2) is 6.33 Å². The molecule has 0 radical (unpaired) electrons. The van der Waals surface area contributed by atoms with E-state index in [0.717, 1.165) is 0 Å². The minimum absolute atomic E-state index is 0.0960. The van der Waals surface area contributed by atoms with E-state index < -0.39 is 14.1 Å². The molecule has 10 heteroatoms. The summed E-state index contributed by atoms with van der Waals surface area (Å²) in [5, 5.41) is 0.223. The van der Waals surface area contributed by atoms with Crippen LogP contribution in [0.25, 0.3) is 11.2 Å². The molecule has 0 saturated carbocycles. The molecule has 2 N–H and O–H groups in total. The van der Waals surface area contributed by atoms with E-state index >= 15 is 0 Å². The van der Waals surface area contributed by atoms with Crippen LogP contribution in [-0.4, -0.2) is 51.3 Å². The molecule has 2 aromatic rings. The largest absolute Gasteiger partial charge is 0.368 e. The molecule has 1 aliphatic heterocycles. The van der Waals surface area contributed by atoms with Crippen LogP contribution in [-0.2, 0) is 20.6 Å². The van der Waals surface area contributed by atoms with Gasteiger partial charge in [-0.3, -0.25) is 0 Å². The van der Waals surface area contributed by atoms with E-state index in [1.54, 1.807) is 17.6 Å². The van der Waals surface area contributed by atoms with E-state index in [0.29, 0.717) is 30.5 Å². The molecule has 2 aromatic heterocycles. The van der Waals surface area contributed by atoms with Gasteiger partial charge in [0.25, 0.3) is 0 Å². The summed E-state index contributed by atoms with van der Waals surface area (Å²) in [7, 11) is -1.29. The van der Waals surface area contributed by atoms with Crippen molar-refractivity contribution in [2.45, 2.75) is 18.9 Å². The first-order valence-electron chi connectivity index (χ1n) is 6.32. The van der Waals surface area contributed by atoms with Gasteiger partial charge in [-0.1, -0.05) is 16.2 Å². The highest BCUT2D eigenvalue weighted by Gasteiger charge is 2.31. The van der Waals surface area contributed by atoms with Crippen LogP contribution in [0.4, 0.5) is 5.95 Å². The van der Waals surface area contributed by atoms with Crippen molar-refractivity contribution < 1.29 is 14.0 Å². The van der Waals surface area contributed by atoms with Gasteiger partial charge in [0.15, 0.2) is 17.0 Å². The Labute approximate surface area is 126 Å². The first-order valence-corrected chi connectivity index (χ1v) is 8.59. The Hall–Kier alpha value is -1.34. The predicted molar refractivity (Wildman–Crippen MR) is 77.8 cm³/mol. The van der Waals surface area contributed by atoms with E-state index in [9.17, 15) is 4.57 Å². The highest BCUT2D eigenvalue weighted by Crippen LogP contribution is 2.24. The highest BCUT2D eigenvalue weighted by molar-refractivity contribution is 7.43. The molecule has 3 heterocycles. The summed E-state index contributed by atoms with van der Waals surface area (Å²) in [4.78, 5) is 12.2. The third kappa shape index (κ3) is 3.13. The van der Waals surface area contributed by atoms with Crippen LogP contribution < -0.4 is 5.73 Å². The Morgan fingerprint density at radius 3 is 3.14 bits per heavy atom. The summed E-state index contributed by atoms with van der Waals surface area (Å²) in [6.07, 6.45) is 1.44. The Bertz CT molecular complexity index is 694. The van der Waals surface area contributed by atoms with E-state index in [-0.39, 0.29) is 17.2 Å². The molecule has 21 heavy (non-hydrogen) atoms. The summed E-state index contributed by atoms with van der Waals surface area (Å²) in [6.45, 7) is 2.59. The van der Waals surface area contributed by atoms with Gasteiger partial charge in [0, 0.05) is 0 Å². The molecule has 0 bridgehead atoms. The number of anilines is 1. The third-order valence-electron chi connectivity index (χ3n) is 3.06. The Kier molecular flexibility index (Phi) is 4.03. The van der Waals surface area contributed by atoms with Crippen LogP contribution >= 0.6 is 19.4 Å². The highest BCUT2D eigenvalue weighted by atomic mass is 35.5. The number of rotatable bonds is 4. The minimum atomic E-state index is -1.29. The maximum absolute atomic E-state index is 11.2. The van der Waals surface area contributed by atoms with Crippen LogP contribution in [0.5, 0.6) is 0 Å². The number of nitrogens with zero attached hydrogens (tertiary/aromatic N) is 4. The van der Waals surface area contributed by atoms with E-state index in [1.807, 2.05) is 0 Å². The number of ether oxygens (including phenoxy) is 2. The number of hydrogen-bond acceptors (Lipinski definition) is 7. The Balaban J connectivity index is 1.76. The minimum Gasteiger partial charge on any atom is -0.368 e. The molecule has 3 atom stereocenters. The molecule has 0 amide bonds. The Morgan fingerprint density at radius 2 is 2.38 bits per heavy atom. The van der Waals surface area contributed by atoms with Crippen molar-refractivity contribution in [3.63, 3.8) is 0 Å². The van der Waals surface area contributed by atoms with Crippen molar-refractivity contribution >= 4 is 36.5 Å². The molecule has 1 saturated heterocycles. The second-order valence-corrected chi connectivity index (χ2v) is 6.75. The van der Waals surface area contributed by atoms with Crippen LogP contribution in [0, 0.1) is 0 Å². The standard InChI is InChI=1S/C11H14ClN5O3P/c1-21(18)4-7-19-3-6(20-7)2-17-5-14-8-9(12)15-11(13)16-10(8)17/h5-7H,2-4H2,1H3,(H2,13,15,16)/q+1/t6-,7?/m0/s1. The topological polar surface area (TPSA) is 105 Å². The lowest BCUT2D eigenvalue weighted by Crippen LogP contribution is -2.20. The second-order valence-electron chi connectivity index (χ2n) is 4.77. The fraction of sp³-hybridized carbons (Fsp3) is 0.545. The summed E-state index contributed by atoms with van der Waals surface area (Å²) >= 11 is 5.98. The fourth-order valence-corrected chi connectivity index (χ4v) is 3.02. The van der Waals surface area contributed by atoms with E-state index in [2.05, 4.69) is 15.0 Å². The number of halogens is 1. The van der Waals surface area contributed by atoms with Gasteiger partial charge in [-0.05, 0) is 0 Å². The monoisotopic (exact) mass is 330 g/mol. The molecule has 0 aromatic carbocycles. The fourth-order valence-electron chi connectivity index (χ4n) is 2.19. The van der Waals surface area contributed by atoms with Gasteiger partial charge >= 0.3 is 7.80 Å². The van der Waals surface area contributed by atoms with Crippen molar-refractivity contribution in [2.75, 3.05) is 25.2 Å². The zero-order chi connectivity index (χ0) is 15.0. The normalized spacial score (nSPS) is 22.9. The summed E-state index contributed by atoms with van der Waals surface area (Å²) in [5.74, 6) is 0.0960. The first kappa shape index (κ1) is 14.6. The lowest BCUT2D eigenvalue weighted by molar-refractivity contribution is -0.0415. The van der Waals surface area contributed by atoms with E-state index in [1.165, 1.54) is 0 Å². The first-order chi connectivity index (χ1) is 10.0. The number of fused-ring (bicyclic) bond motifs is 1. The van der Waals surface area contributed by atoms with Gasteiger partial charge < -0.3 is 19.8 Å². The summed E-state index contributed by atoms with van der Waals surface area (Å²) in [5.41, 5.74) is 6.66. The van der Waals surface area contributed by atoms with Gasteiger partial charge in [-0.25, -0.2) is 4.98 Å². The zero-order valence-electron chi connectivity index (χ0n) is 11.3. The van der Waals surface area contributed by atoms with Gasteiger partial charge in [0.2, 0.25) is 12.2 Å². The maximum Gasteiger partial charge on any atom is 0.340 e. The number of nitrogen functional groups attached to an aromatic ring is 1. The molecule has 112 valence electrons. The molecule has 2 unspecified atom stereocenters. The van der Waals surface area contributed by atoms with Gasteiger partial charge in [-0.2, -0.15) is 9.97 Å².